The summed E-state index contributed by atoms with van der Waals surface area (Å²) >= 11 is 1.34. The fourth-order valence-corrected chi connectivity index (χ4v) is 4.72. The Bertz CT molecular complexity index is 1110. The molecule has 6 nitrogen and oxygen atoms in total. The van der Waals surface area contributed by atoms with E-state index in [9.17, 15) is 14.0 Å². The van der Waals surface area contributed by atoms with E-state index in [1.807, 2.05) is 25.7 Å². The van der Waals surface area contributed by atoms with Crippen LogP contribution in [0.4, 0.5) is 10.1 Å². The van der Waals surface area contributed by atoms with Crippen LogP contribution in [0.3, 0.4) is 0 Å². The molecule has 1 saturated heterocycles. The first-order valence-electron chi connectivity index (χ1n) is 9.67. The molecule has 0 unspecified atom stereocenters. The van der Waals surface area contributed by atoms with E-state index in [-0.39, 0.29) is 23.3 Å². The zero-order chi connectivity index (χ0) is 20.7. The van der Waals surface area contributed by atoms with Gasteiger partial charge < -0.3 is 9.80 Å². The van der Waals surface area contributed by atoms with Gasteiger partial charge in [-0.25, -0.2) is 9.37 Å². The van der Waals surface area contributed by atoms with Crippen LogP contribution >= 0.6 is 11.3 Å². The van der Waals surface area contributed by atoms with Crippen molar-refractivity contribution in [3.8, 4) is 0 Å². The molecule has 0 N–H and O–H groups in total. The second-order valence-electron chi connectivity index (χ2n) is 7.52. The van der Waals surface area contributed by atoms with Crippen LogP contribution in [0.5, 0.6) is 0 Å². The molecule has 1 aliphatic rings. The highest BCUT2D eigenvalue weighted by Gasteiger charge is 2.27. The normalized spacial score (nSPS) is 14.8. The lowest BCUT2D eigenvalue weighted by atomic mass is 10.1. The number of nitrogens with zero attached hydrogens (tertiary/aromatic N) is 4. The predicted molar refractivity (Wildman–Crippen MR) is 114 cm³/mol. The van der Waals surface area contributed by atoms with Crippen molar-refractivity contribution < 1.29 is 9.18 Å². The lowest BCUT2D eigenvalue weighted by Crippen LogP contribution is -2.48. The lowest BCUT2D eigenvalue weighted by molar-refractivity contribution is 0.0748. The highest BCUT2D eigenvalue weighted by Crippen LogP contribution is 2.29. The van der Waals surface area contributed by atoms with Gasteiger partial charge in [-0.1, -0.05) is 0 Å². The number of carbonyl (C=O) groups excluding carboxylic acids is 1. The first-order chi connectivity index (χ1) is 13.9. The summed E-state index contributed by atoms with van der Waals surface area (Å²) in [4.78, 5) is 35.2. The third-order valence-corrected chi connectivity index (χ3v) is 6.41. The fraction of sp³-hybridized carbons (Fsp3) is 0.381. The van der Waals surface area contributed by atoms with E-state index in [0.29, 0.717) is 42.0 Å². The van der Waals surface area contributed by atoms with Crippen LogP contribution in [-0.2, 0) is 0 Å². The van der Waals surface area contributed by atoms with Gasteiger partial charge in [-0.3, -0.25) is 14.2 Å². The van der Waals surface area contributed by atoms with Crippen molar-refractivity contribution in [2.24, 2.45) is 0 Å². The number of halogens is 1. The zero-order valence-corrected chi connectivity index (χ0v) is 17.5. The van der Waals surface area contributed by atoms with Crippen molar-refractivity contribution in [3.63, 3.8) is 0 Å². The number of hydrogen-bond acceptors (Lipinski definition) is 5. The summed E-state index contributed by atoms with van der Waals surface area (Å²) in [6.07, 6.45) is 1.53. The number of hydrogen-bond donors (Lipinski definition) is 0. The highest BCUT2D eigenvalue weighted by molar-refractivity contribution is 7.19. The summed E-state index contributed by atoms with van der Waals surface area (Å²) < 4.78 is 15.3. The molecule has 0 saturated carbocycles. The molecular weight excluding hydrogens is 391 g/mol. The summed E-state index contributed by atoms with van der Waals surface area (Å²) in [5.74, 6) is -0.340. The van der Waals surface area contributed by atoms with E-state index in [4.69, 9.17) is 0 Å². The van der Waals surface area contributed by atoms with E-state index in [1.54, 1.807) is 16.7 Å². The van der Waals surface area contributed by atoms with Gasteiger partial charge in [-0.05, 0) is 45.0 Å². The molecule has 0 atom stereocenters. The smallest absolute Gasteiger partial charge is 0.271 e. The molecule has 8 heteroatoms. The maximum absolute atomic E-state index is 13.2. The Hall–Kier alpha value is -2.74. The van der Waals surface area contributed by atoms with Gasteiger partial charge in [0.15, 0.2) is 0 Å². The molecule has 0 aliphatic carbocycles. The molecule has 2 aromatic heterocycles. The summed E-state index contributed by atoms with van der Waals surface area (Å²) in [6, 6.07) is 6.42. The first-order valence-corrected chi connectivity index (χ1v) is 10.5. The van der Waals surface area contributed by atoms with Crippen LogP contribution in [0.1, 0.15) is 35.1 Å². The van der Waals surface area contributed by atoms with Gasteiger partial charge in [0.2, 0.25) is 0 Å². The number of aromatic nitrogens is 2. The minimum atomic E-state index is -0.258. The van der Waals surface area contributed by atoms with Crippen molar-refractivity contribution in [1.82, 2.24) is 14.5 Å². The molecule has 1 amide bonds. The summed E-state index contributed by atoms with van der Waals surface area (Å²) in [5.41, 5.74) is 1.89. The van der Waals surface area contributed by atoms with Crippen LogP contribution in [0.2, 0.25) is 0 Å². The van der Waals surface area contributed by atoms with Crippen molar-refractivity contribution in [2.75, 3.05) is 31.1 Å². The zero-order valence-electron chi connectivity index (χ0n) is 16.7. The minimum Gasteiger partial charge on any atom is -0.368 e. The van der Waals surface area contributed by atoms with Gasteiger partial charge in [-0.2, -0.15) is 0 Å². The van der Waals surface area contributed by atoms with Gasteiger partial charge >= 0.3 is 0 Å². The number of benzene rings is 1. The van der Waals surface area contributed by atoms with E-state index < -0.39 is 0 Å². The van der Waals surface area contributed by atoms with E-state index in [2.05, 4.69) is 9.88 Å². The van der Waals surface area contributed by atoms with Gasteiger partial charge in [0.25, 0.3) is 11.5 Å². The highest BCUT2D eigenvalue weighted by atomic mass is 32.1. The number of anilines is 1. The fourth-order valence-electron chi connectivity index (χ4n) is 3.69. The molecule has 152 valence electrons. The van der Waals surface area contributed by atoms with Crippen LogP contribution in [0.15, 0.2) is 35.4 Å². The number of piperazine rings is 1. The number of thiophene rings is 1. The molecule has 4 rings (SSSR count). The number of fused-ring (bicyclic) bond motifs is 1. The van der Waals surface area contributed by atoms with Crippen molar-refractivity contribution in [1.29, 1.82) is 0 Å². The molecule has 3 aromatic rings. The van der Waals surface area contributed by atoms with Crippen molar-refractivity contribution >= 4 is 33.1 Å². The number of amides is 1. The van der Waals surface area contributed by atoms with Crippen LogP contribution in [0.25, 0.3) is 10.2 Å². The molecule has 0 bridgehead atoms. The van der Waals surface area contributed by atoms with Gasteiger partial charge in [0, 0.05) is 42.8 Å². The van der Waals surface area contributed by atoms with Crippen molar-refractivity contribution in [2.45, 2.75) is 26.8 Å². The second-order valence-corrected chi connectivity index (χ2v) is 8.74. The average Bonchev–Trinajstić information content (AvgIpc) is 3.05. The van der Waals surface area contributed by atoms with Crippen LogP contribution in [0, 0.1) is 12.7 Å². The molecule has 1 aromatic carbocycles. The molecule has 3 heterocycles. The van der Waals surface area contributed by atoms with E-state index in [1.165, 1.54) is 29.8 Å². The summed E-state index contributed by atoms with van der Waals surface area (Å²) in [5, 5.41) is 0. The first kappa shape index (κ1) is 19.6. The quantitative estimate of drug-likeness (QED) is 0.659. The van der Waals surface area contributed by atoms with Crippen LogP contribution < -0.4 is 10.5 Å². The molecule has 1 aliphatic heterocycles. The van der Waals surface area contributed by atoms with Crippen LogP contribution in [-0.4, -0.2) is 46.5 Å². The molecular formula is C21H23FN4O2S. The van der Waals surface area contributed by atoms with Gasteiger partial charge in [-0.15, -0.1) is 11.3 Å². The maximum Gasteiger partial charge on any atom is 0.271 e. The standard InChI is InChI=1S/C21H23FN4O2S/c1-13(2)26-12-23-18-17(14(3)29-19(18)21(26)28)20(27)25-10-8-24(9-11-25)16-6-4-15(22)5-7-16/h4-7,12-13H,8-11H2,1-3H3. The van der Waals surface area contributed by atoms with Gasteiger partial charge in [0.1, 0.15) is 16.0 Å². The SMILES string of the molecule is Cc1sc2c(=O)n(C(C)C)cnc2c1C(=O)N1CCN(c2ccc(F)cc2)CC1. The number of rotatable bonds is 3. The third kappa shape index (κ3) is 3.53. The van der Waals surface area contributed by atoms with E-state index >= 15 is 0 Å². The minimum absolute atomic E-state index is 0.0143. The molecule has 0 spiro atoms. The lowest BCUT2D eigenvalue weighted by Gasteiger charge is -2.36. The van der Waals surface area contributed by atoms with E-state index in [0.717, 1.165) is 10.6 Å². The number of aryl methyl sites for hydroxylation is 1. The molecule has 29 heavy (non-hydrogen) atoms. The predicted octanol–water partition coefficient (Wildman–Crippen LogP) is 3.45. The number of carbonyl (C=O) groups is 1. The molecule has 0 radical (unpaired) electrons. The Morgan fingerprint density at radius 2 is 1.79 bits per heavy atom. The largest absolute Gasteiger partial charge is 0.368 e. The second kappa shape index (κ2) is 7.59. The Morgan fingerprint density at radius 1 is 1.14 bits per heavy atom. The summed E-state index contributed by atoms with van der Waals surface area (Å²) in [6.45, 7) is 8.21. The maximum atomic E-state index is 13.2. The average molecular weight is 415 g/mol. The third-order valence-electron chi connectivity index (χ3n) is 5.33. The topological polar surface area (TPSA) is 58.4 Å². The van der Waals surface area contributed by atoms with Crippen molar-refractivity contribution in [3.05, 3.63) is 57.2 Å². The van der Waals surface area contributed by atoms with Gasteiger partial charge in [0.05, 0.1) is 11.9 Å². The Labute approximate surface area is 172 Å². The summed E-state index contributed by atoms with van der Waals surface area (Å²) in [7, 11) is 0. The monoisotopic (exact) mass is 414 g/mol. The Balaban J connectivity index is 1.57. The Morgan fingerprint density at radius 3 is 2.41 bits per heavy atom. The Kier molecular flexibility index (Phi) is 5.12. The molecule has 1 fully saturated rings.